The summed E-state index contributed by atoms with van der Waals surface area (Å²) in [7, 11) is 1.25. The number of Topliss-reactive ketones (excluding diaryl/α,β-unsaturated/α-hetero) is 1. The molecule has 2 aromatic carbocycles. The Morgan fingerprint density at radius 1 is 1.00 bits per heavy atom. The van der Waals surface area contributed by atoms with Crippen molar-refractivity contribution in [2.45, 2.75) is 26.7 Å². The molecule has 0 spiro atoms. The smallest absolute Gasteiger partial charge is 0.343 e. The molecule has 9 heteroatoms. The first-order chi connectivity index (χ1) is 17.8. The third-order valence-corrected chi connectivity index (χ3v) is 5.81. The molecule has 9 nitrogen and oxygen atoms in total. The summed E-state index contributed by atoms with van der Waals surface area (Å²) in [6.07, 6.45) is 0.817. The molecule has 4 rings (SSSR count). The highest BCUT2D eigenvalue weighted by Gasteiger charge is 2.29. The second-order valence-electron chi connectivity index (χ2n) is 8.36. The minimum Gasteiger partial charge on any atom is -0.480 e. The van der Waals surface area contributed by atoms with Gasteiger partial charge in [0.2, 0.25) is 0 Å². The quantitative estimate of drug-likeness (QED) is 0.199. The molecule has 37 heavy (non-hydrogen) atoms. The van der Waals surface area contributed by atoms with Crippen LogP contribution in [0.4, 0.5) is 0 Å². The van der Waals surface area contributed by atoms with Crippen LogP contribution in [0.2, 0.25) is 0 Å². The molecule has 4 aromatic rings. The summed E-state index contributed by atoms with van der Waals surface area (Å²) in [6.45, 7) is 3.28. The summed E-state index contributed by atoms with van der Waals surface area (Å²) in [5.41, 5.74) is 8.63. The number of nitrogens with two attached hydrogens (primary N) is 1. The normalized spacial score (nSPS) is 10.8. The minimum absolute atomic E-state index is 0.119. The van der Waals surface area contributed by atoms with E-state index in [-0.39, 0.29) is 23.4 Å². The van der Waals surface area contributed by atoms with Crippen molar-refractivity contribution in [1.29, 1.82) is 0 Å². The Labute approximate surface area is 213 Å². The van der Waals surface area contributed by atoms with Crippen molar-refractivity contribution in [3.8, 4) is 17.2 Å². The summed E-state index contributed by atoms with van der Waals surface area (Å²) >= 11 is 0. The molecule has 0 fully saturated rings. The number of methoxy groups -OCH3 is 1. The van der Waals surface area contributed by atoms with Gasteiger partial charge in [0.15, 0.2) is 6.61 Å². The number of para-hydroxylation sites is 1. The second kappa shape index (κ2) is 10.9. The van der Waals surface area contributed by atoms with Crippen LogP contribution in [0.25, 0.3) is 5.52 Å². The number of ketones is 1. The number of hydrogen-bond donors (Lipinski definition) is 1. The van der Waals surface area contributed by atoms with E-state index >= 15 is 0 Å². The molecule has 2 N–H and O–H groups in total. The van der Waals surface area contributed by atoms with Crippen LogP contribution in [0.5, 0.6) is 17.2 Å². The Balaban J connectivity index is 1.84. The van der Waals surface area contributed by atoms with E-state index < -0.39 is 17.7 Å². The Bertz CT molecular complexity index is 1480. The van der Waals surface area contributed by atoms with Crippen LogP contribution in [-0.2, 0) is 27.2 Å². The summed E-state index contributed by atoms with van der Waals surface area (Å²) in [4.78, 5) is 36.8. The molecule has 0 bridgehead atoms. The summed E-state index contributed by atoms with van der Waals surface area (Å²) in [5, 5.41) is 4.63. The van der Waals surface area contributed by atoms with Crippen LogP contribution < -0.4 is 15.2 Å². The third kappa shape index (κ3) is 5.45. The maximum absolute atomic E-state index is 13.0. The number of benzene rings is 2. The molecule has 2 aromatic heterocycles. The predicted octanol–water partition coefficient (Wildman–Crippen LogP) is 3.81. The summed E-state index contributed by atoms with van der Waals surface area (Å²) in [5.74, 6) is -0.942. The maximum Gasteiger partial charge on any atom is 0.343 e. The lowest BCUT2D eigenvalue weighted by Gasteiger charge is -2.11. The Hall–Kier alpha value is -4.66. The number of ether oxygens (including phenoxy) is 3. The number of aromatic nitrogens is 2. The Kier molecular flexibility index (Phi) is 7.52. The first kappa shape index (κ1) is 25.4. The van der Waals surface area contributed by atoms with Crippen molar-refractivity contribution < 1.29 is 28.6 Å². The zero-order chi connectivity index (χ0) is 26.5. The summed E-state index contributed by atoms with van der Waals surface area (Å²) in [6, 6.07) is 18.6. The standard InChI is InChI=1S/C28H27N3O6/c1-4-21-22(15-18-9-8-12-20(14-18)37-19-10-6-5-7-11-19)31-26(25(21)27(33)28(29)34)23(13-17(2)30-31)36-16-24(32)35-3/h5-14H,4,15-16H2,1-3H3,(H2,29,34). The molecule has 0 radical (unpaired) electrons. The number of fused-ring (bicyclic) bond motifs is 1. The molecule has 0 aliphatic carbocycles. The van der Waals surface area contributed by atoms with Gasteiger partial charge >= 0.3 is 5.97 Å². The van der Waals surface area contributed by atoms with Gasteiger partial charge in [0.1, 0.15) is 22.8 Å². The molecule has 0 unspecified atom stereocenters. The van der Waals surface area contributed by atoms with Gasteiger partial charge in [-0.15, -0.1) is 0 Å². The minimum atomic E-state index is -1.09. The number of amides is 1. The van der Waals surface area contributed by atoms with Crippen molar-refractivity contribution in [3.05, 3.63) is 88.7 Å². The van der Waals surface area contributed by atoms with Gasteiger partial charge in [-0.05, 0) is 48.7 Å². The number of carbonyl (C=O) groups excluding carboxylic acids is 3. The van der Waals surface area contributed by atoms with Gasteiger partial charge in [-0.1, -0.05) is 37.3 Å². The van der Waals surface area contributed by atoms with Gasteiger partial charge in [0, 0.05) is 12.5 Å². The van der Waals surface area contributed by atoms with Crippen molar-refractivity contribution in [2.75, 3.05) is 13.7 Å². The molecule has 1 amide bonds. The molecule has 190 valence electrons. The van der Waals surface area contributed by atoms with E-state index in [0.29, 0.717) is 41.3 Å². The van der Waals surface area contributed by atoms with E-state index in [1.807, 2.05) is 61.5 Å². The maximum atomic E-state index is 13.0. The molecule has 2 heterocycles. The van der Waals surface area contributed by atoms with Crippen LogP contribution in [-0.4, -0.2) is 41.0 Å². The number of primary amides is 1. The van der Waals surface area contributed by atoms with Gasteiger partial charge in [-0.3, -0.25) is 9.59 Å². The van der Waals surface area contributed by atoms with Crippen molar-refractivity contribution in [3.63, 3.8) is 0 Å². The fraction of sp³-hybridized carbons (Fsp3) is 0.214. The Morgan fingerprint density at radius 3 is 2.41 bits per heavy atom. The largest absolute Gasteiger partial charge is 0.480 e. The lowest BCUT2D eigenvalue weighted by molar-refractivity contribution is -0.142. The van der Waals surface area contributed by atoms with E-state index in [1.165, 1.54) is 7.11 Å². The van der Waals surface area contributed by atoms with Crippen LogP contribution in [0.3, 0.4) is 0 Å². The third-order valence-electron chi connectivity index (χ3n) is 5.81. The number of carbonyl (C=O) groups is 3. The van der Waals surface area contributed by atoms with Gasteiger partial charge in [-0.25, -0.2) is 9.31 Å². The van der Waals surface area contributed by atoms with Crippen LogP contribution in [0, 0.1) is 6.92 Å². The van der Waals surface area contributed by atoms with Gasteiger partial charge in [0.05, 0.1) is 24.1 Å². The van der Waals surface area contributed by atoms with Gasteiger partial charge in [0.25, 0.3) is 11.7 Å². The number of rotatable bonds is 10. The van der Waals surface area contributed by atoms with Gasteiger partial charge in [-0.2, -0.15) is 5.10 Å². The predicted molar refractivity (Wildman–Crippen MR) is 136 cm³/mol. The molecule has 0 saturated carbocycles. The zero-order valence-corrected chi connectivity index (χ0v) is 20.8. The van der Waals surface area contributed by atoms with Crippen molar-refractivity contribution >= 4 is 23.2 Å². The van der Waals surface area contributed by atoms with Gasteiger partial charge < -0.3 is 19.9 Å². The number of esters is 1. The van der Waals surface area contributed by atoms with Crippen LogP contribution in [0.1, 0.15) is 39.8 Å². The zero-order valence-electron chi connectivity index (χ0n) is 20.8. The van der Waals surface area contributed by atoms with Crippen LogP contribution in [0.15, 0.2) is 60.7 Å². The molecular weight excluding hydrogens is 474 g/mol. The van der Waals surface area contributed by atoms with Crippen molar-refractivity contribution in [1.82, 2.24) is 9.61 Å². The monoisotopic (exact) mass is 501 g/mol. The molecule has 0 atom stereocenters. The highest BCUT2D eigenvalue weighted by molar-refractivity contribution is 6.44. The highest BCUT2D eigenvalue weighted by Crippen LogP contribution is 2.34. The van der Waals surface area contributed by atoms with E-state index in [1.54, 1.807) is 17.5 Å². The molecule has 0 aliphatic rings. The first-order valence-electron chi connectivity index (χ1n) is 11.7. The van der Waals surface area contributed by atoms with E-state index in [4.69, 9.17) is 15.2 Å². The SMILES string of the molecule is CCc1c(C(=O)C(N)=O)c2c(OCC(=O)OC)cc(C)nn2c1Cc1cccc(Oc2ccccc2)c1. The second-order valence-corrected chi connectivity index (χ2v) is 8.36. The first-order valence-corrected chi connectivity index (χ1v) is 11.7. The molecule has 0 saturated heterocycles. The van der Waals surface area contributed by atoms with E-state index in [9.17, 15) is 14.4 Å². The van der Waals surface area contributed by atoms with Crippen molar-refractivity contribution in [2.24, 2.45) is 5.73 Å². The van der Waals surface area contributed by atoms with E-state index in [0.717, 1.165) is 5.56 Å². The average molecular weight is 502 g/mol. The van der Waals surface area contributed by atoms with E-state index in [2.05, 4.69) is 9.84 Å². The molecule has 0 aliphatic heterocycles. The summed E-state index contributed by atoms with van der Waals surface area (Å²) < 4.78 is 18.0. The lowest BCUT2D eigenvalue weighted by Crippen LogP contribution is -2.24. The number of nitrogens with zero attached hydrogens (tertiary/aromatic N) is 2. The topological polar surface area (TPSA) is 122 Å². The highest BCUT2D eigenvalue weighted by atomic mass is 16.6. The van der Waals surface area contributed by atoms with Crippen LogP contribution >= 0.6 is 0 Å². The average Bonchev–Trinajstić information content (AvgIpc) is 3.20. The fourth-order valence-corrected chi connectivity index (χ4v) is 4.21. The lowest BCUT2D eigenvalue weighted by atomic mass is 9.99. The molecular formula is C28H27N3O6. The number of hydrogen-bond acceptors (Lipinski definition) is 7. The fourth-order valence-electron chi connectivity index (χ4n) is 4.21. The number of aryl methyl sites for hydroxylation is 1. The Morgan fingerprint density at radius 2 is 1.73 bits per heavy atom.